The predicted molar refractivity (Wildman–Crippen MR) is 78.6 cm³/mol. The molecular formula is C13H17NO6S2. The maximum absolute atomic E-state index is 12.9. The van der Waals surface area contributed by atoms with Crippen molar-refractivity contribution >= 4 is 27.3 Å². The molecular weight excluding hydrogens is 330 g/mol. The van der Waals surface area contributed by atoms with Gasteiger partial charge in [0.2, 0.25) is 10.0 Å². The summed E-state index contributed by atoms with van der Waals surface area (Å²) in [6.07, 6.45) is 0.885. The number of aryl methyl sites for hydroxylation is 1. The molecule has 1 unspecified atom stereocenters. The molecule has 0 spiro atoms. The molecule has 0 bridgehead atoms. The minimum atomic E-state index is -3.75. The molecule has 1 N–H and O–H groups in total. The summed E-state index contributed by atoms with van der Waals surface area (Å²) in [5.74, 6) is -1.12. The topological polar surface area (TPSA) is 93.1 Å². The number of aromatic carboxylic acids is 1. The fourth-order valence-corrected chi connectivity index (χ4v) is 5.97. The molecule has 22 heavy (non-hydrogen) atoms. The second-order valence-corrected chi connectivity index (χ2v) is 8.39. The maximum atomic E-state index is 12.9. The van der Waals surface area contributed by atoms with Gasteiger partial charge in [0.1, 0.15) is 4.88 Å². The van der Waals surface area contributed by atoms with Gasteiger partial charge in [-0.2, -0.15) is 4.31 Å². The van der Waals surface area contributed by atoms with Gasteiger partial charge in [-0.3, -0.25) is 0 Å². The van der Waals surface area contributed by atoms with Crippen LogP contribution in [0.5, 0.6) is 0 Å². The second-order valence-electron chi connectivity index (χ2n) is 5.27. The van der Waals surface area contributed by atoms with E-state index in [2.05, 4.69) is 0 Å². The Morgan fingerprint density at radius 3 is 2.68 bits per heavy atom. The van der Waals surface area contributed by atoms with Crippen molar-refractivity contribution in [2.45, 2.75) is 37.0 Å². The van der Waals surface area contributed by atoms with Crippen LogP contribution in [0.4, 0.5) is 0 Å². The van der Waals surface area contributed by atoms with Crippen LogP contribution in [0, 0.1) is 6.92 Å². The highest BCUT2D eigenvalue weighted by atomic mass is 32.2. The molecule has 7 nitrogen and oxygen atoms in total. The number of carboxylic acids is 1. The van der Waals surface area contributed by atoms with E-state index in [0.717, 1.165) is 17.8 Å². The summed E-state index contributed by atoms with van der Waals surface area (Å²) in [4.78, 5) is 11.6. The van der Waals surface area contributed by atoms with E-state index in [1.54, 1.807) is 6.92 Å². The van der Waals surface area contributed by atoms with Gasteiger partial charge < -0.3 is 14.6 Å². The molecule has 2 saturated heterocycles. The van der Waals surface area contributed by atoms with Crippen LogP contribution in [0.2, 0.25) is 0 Å². The third-order valence-electron chi connectivity index (χ3n) is 3.88. The summed E-state index contributed by atoms with van der Waals surface area (Å²) in [6.45, 7) is 2.96. The first-order valence-electron chi connectivity index (χ1n) is 7.00. The Bertz CT molecular complexity index is 677. The monoisotopic (exact) mass is 347 g/mol. The van der Waals surface area contributed by atoms with Crippen molar-refractivity contribution in [3.8, 4) is 0 Å². The van der Waals surface area contributed by atoms with Gasteiger partial charge in [0.25, 0.3) is 0 Å². The fraction of sp³-hybridized carbons (Fsp3) is 0.615. The highest BCUT2D eigenvalue weighted by Gasteiger charge is 2.43. The Hall–Kier alpha value is -1.00. The summed E-state index contributed by atoms with van der Waals surface area (Å²) in [7, 11) is -3.75. The van der Waals surface area contributed by atoms with E-state index in [0.29, 0.717) is 31.1 Å². The number of sulfonamides is 1. The van der Waals surface area contributed by atoms with Gasteiger partial charge in [0.05, 0.1) is 24.2 Å². The number of hydrogen-bond acceptors (Lipinski definition) is 6. The molecule has 1 aromatic heterocycles. The van der Waals surface area contributed by atoms with Gasteiger partial charge in [-0.1, -0.05) is 0 Å². The molecule has 3 rings (SSSR count). The van der Waals surface area contributed by atoms with Crippen LogP contribution in [-0.4, -0.2) is 55.9 Å². The van der Waals surface area contributed by atoms with Gasteiger partial charge in [-0.05, 0) is 25.8 Å². The zero-order valence-corrected chi connectivity index (χ0v) is 13.7. The molecule has 0 aliphatic carbocycles. The fourth-order valence-electron chi connectivity index (χ4n) is 2.89. The summed E-state index contributed by atoms with van der Waals surface area (Å²) in [5, 5.41) is 9.04. The average molecular weight is 347 g/mol. The standard InChI is InChI=1S/C13H17NO6S2/c1-8-11(7-10(21-8)12(15)16)22(17,18)14-4-2-3-9(14)13-19-5-6-20-13/h7,9,13H,2-6H2,1H3,(H,15,16). The highest BCUT2D eigenvalue weighted by Crippen LogP contribution is 2.34. The number of carboxylic acid groups (broad SMARTS) is 1. The molecule has 2 aliphatic rings. The van der Waals surface area contributed by atoms with E-state index in [9.17, 15) is 13.2 Å². The molecule has 0 amide bonds. The minimum absolute atomic E-state index is 0.0280. The molecule has 9 heteroatoms. The Balaban J connectivity index is 1.93. The van der Waals surface area contributed by atoms with Crippen LogP contribution in [-0.2, 0) is 19.5 Å². The zero-order valence-electron chi connectivity index (χ0n) is 12.0. The van der Waals surface area contributed by atoms with E-state index in [-0.39, 0.29) is 15.8 Å². The summed E-state index contributed by atoms with van der Waals surface area (Å²) < 4.78 is 38.1. The number of nitrogens with zero attached hydrogens (tertiary/aromatic N) is 1. The normalized spacial score (nSPS) is 24.1. The van der Waals surface area contributed by atoms with E-state index in [4.69, 9.17) is 14.6 Å². The Kier molecular flexibility index (Phi) is 4.25. The number of ether oxygens (including phenoxy) is 2. The van der Waals surface area contributed by atoms with E-state index >= 15 is 0 Å². The van der Waals surface area contributed by atoms with Gasteiger partial charge >= 0.3 is 5.97 Å². The van der Waals surface area contributed by atoms with Gasteiger partial charge in [0.15, 0.2) is 6.29 Å². The average Bonchev–Trinajstić information content (AvgIpc) is 3.18. The molecule has 2 aliphatic heterocycles. The van der Waals surface area contributed by atoms with Crippen molar-refractivity contribution < 1.29 is 27.8 Å². The maximum Gasteiger partial charge on any atom is 0.345 e. The van der Waals surface area contributed by atoms with Crippen molar-refractivity contribution in [2.75, 3.05) is 19.8 Å². The lowest BCUT2D eigenvalue weighted by Gasteiger charge is -2.27. The van der Waals surface area contributed by atoms with Crippen molar-refractivity contribution in [2.24, 2.45) is 0 Å². The van der Waals surface area contributed by atoms with E-state index in [1.807, 2.05) is 0 Å². The summed E-state index contributed by atoms with van der Waals surface area (Å²) in [6, 6.07) is 0.892. The third kappa shape index (κ3) is 2.67. The van der Waals surface area contributed by atoms with Crippen LogP contribution >= 0.6 is 11.3 Å². The van der Waals surface area contributed by atoms with Crippen LogP contribution in [0.15, 0.2) is 11.0 Å². The van der Waals surface area contributed by atoms with Crippen molar-refractivity contribution in [3.63, 3.8) is 0 Å². The molecule has 0 radical (unpaired) electrons. The van der Waals surface area contributed by atoms with Crippen molar-refractivity contribution in [1.29, 1.82) is 0 Å². The molecule has 122 valence electrons. The first kappa shape index (κ1) is 15.9. The largest absolute Gasteiger partial charge is 0.477 e. The summed E-state index contributed by atoms with van der Waals surface area (Å²) in [5.41, 5.74) is 0. The SMILES string of the molecule is Cc1sc(C(=O)O)cc1S(=O)(=O)N1CCCC1C1OCCO1. The smallest absolute Gasteiger partial charge is 0.345 e. The minimum Gasteiger partial charge on any atom is -0.477 e. The van der Waals surface area contributed by atoms with Gasteiger partial charge in [-0.15, -0.1) is 11.3 Å². The predicted octanol–water partition coefficient (Wildman–Crippen LogP) is 1.28. The lowest BCUT2D eigenvalue weighted by Crippen LogP contribution is -2.43. The molecule has 2 fully saturated rings. The molecule has 1 atom stereocenters. The lowest BCUT2D eigenvalue weighted by molar-refractivity contribution is -0.0768. The molecule has 3 heterocycles. The number of rotatable bonds is 4. The van der Waals surface area contributed by atoms with Crippen molar-refractivity contribution in [1.82, 2.24) is 4.31 Å². The molecule has 0 saturated carbocycles. The first-order chi connectivity index (χ1) is 10.4. The zero-order chi connectivity index (χ0) is 15.9. The van der Waals surface area contributed by atoms with E-state index in [1.165, 1.54) is 10.4 Å². The first-order valence-corrected chi connectivity index (χ1v) is 9.25. The Labute approximate surface area is 132 Å². The number of thiophene rings is 1. The number of hydrogen-bond donors (Lipinski definition) is 1. The van der Waals surface area contributed by atoms with Crippen LogP contribution < -0.4 is 0 Å². The summed E-state index contributed by atoms with van der Waals surface area (Å²) >= 11 is 0.974. The second kappa shape index (κ2) is 5.89. The van der Waals surface area contributed by atoms with Crippen LogP contribution in [0.3, 0.4) is 0 Å². The number of carbonyl (C=O) groups is 1. The Morgan fingerprint density at radius 1 is 1.41 bits per heavy atom. The van der Waals surface area contributed by atoms with Gasteiger partial charge in [-0.25, -0.2) is 13.2 Å². The van der Waals surface area contributed by atoms with Crippen molar-refractivity contribution in [3.05, 3.63) is 15.8 Å². The highest BCUT2D eigenvalue weighted by molar-refractivity contribution is 7.89. The van der Waals surface area contributed by atoms with E-state index < -0.39 is 22.3 Å². The quantitative estimate of drug-likeness (QED) is 0.882. The Morgan fingerprint density at radius 2 is 2.09 bits per heavy atom. The lowest BCUT2D eigenvalue weighted by atomic mass is 10.2. The van der Waals surface area contributed by atoms with Crippen LogP contribution in [0.25, 0.3) is 0 Å². The van der Waals surface area contributed by atoms with Gasteiger partial charge in [0, 0.05) is 11.4 Å². The molecule has 0 aromatic carbocycles. The third-order valence-corrected chi connectivity index (χ3v) is 7.10. The van der Waals surface area contributed by atoms with Crippen LogP contribution in [0.1, 0.15) is 27.4 Å². The molecule has 1 aromatic rings.